The van der Waals surface area contributed by atoms with Crippen molar-refractivity contribution in [3.63, 3.8) is 0 Å². The van der Waals surface area contributed by atoms with Crippen LogP contribution >= 0.6 is 11.6 Å². The Labute approximate surface area is 96.8 Å². The highest BCUT2D eigenvalue weighted by Crippen LogP contribution is 2.40. The molecule has 0 spiro atoms. The van der Waals surface area contributed by atoms with Crippen LogP contribution in [0.15, 0.2) is 18.3 Å². The summed E-state index contributed by atoms with van der Waals surface area (Å²) in [4.78, 5) is 0. The number of hydrogen-bond acceptors (Lipinski definition) is 4. The average Bonchev–Trinajstić information content (AvgIpc) is 2.67. The summed E-state index contributed by atoms with van der Waals surface area (Å²) >= 11 is 5.91. The Morgan fingerprint density at radius 3 is 2.75 bits per heavy atom. The van der Waals surface area contributed by atoms with Crippen LogP contribution in [0.1, 0.15) is 0 Å². The first kappa shape index (κ1) is 10.6. The van der Waals surface area contributed by atoms with Crippen molar-refractivity contribution in [1.82, 2.24) is 10.2 Å². The lowest BCUT2D eigenvalue weighted by Gasteiger charge is -2.08. The number of anilines is 1. The van der Waals surface area contributed by atoms with Crippen molar-refractivity contribution in [2.45, 2.75) is 0 Å². The smallest absolute Gasteiger partial charge is 0.165 e. The zero-order valence-corrected chi connectivity index (χ0v) is 9.25. The topological polar surface area (TPSA) is 84.2 Å². The SMILES string of the molecule is COc1cc(Cl)cc(-c2cn[nH]c2N)c1O. The number of nitrogens with zero attached hydrogens (tertiary/aromatic N) is 1. The lowest BCUT2D eigenvalue weighted by atomic mass is 10.1. The normalized spacial score (nSPS) is 10.4. The quantitative estimate of drug-likeness (QED) is 0.749. The molecule has 0 amide bonds. The Balaban J connectivity index is 2.65. The molecule has 0 aliphatic rings. The molecule has 0 aliphatic heterocycles. The molecule has 2 aromatic rings. The second-order valence-electron chi connectivity index (χ2n) is 3.20. The van der Waals surface area contributed by atoms with Crippen LogP contribution in [0.25, 0.3) is 11.1 Å². The number of aromatic amines is 1. The number of aromatic hydroxyl groups is 1. The van der Waals surface area contributed by atoms with Crippen LogP contribution in [-0.4, -0.2) is 22.4 Å². The fourth-order valence-electron chi connectivity index (χ4n) is 1.45. The molecule has 4 N–H and O–H groups in total. The monoisotopic (exact) mass is 239 g/mol. The number of nitrogens with one attached hydrogen (secondary N) is 1. The third kappa shape index (κ3) is 1.65. The van der Waals surface area contributed by atoms with Gasteiger partial charge in [0, 0.05) is 22.2 Å². The molecule has 16 heavy (non-hydrogen) atoms. The van der Waals surface area contributed by atoms with E-state index in [0.29, 0.717) is 27.7 Å². The van der Waals surface area contributed by atoms with Crippen LogP contribution in [0.5, 0.6) is 11.5 Å². The van der Waals surface area contributed by atoms with Gasteiger partial charge in [0.1, 0.15) is 5.82 Å². The molecule has 0 atom stereocenters. The van der Waals surface area contributed by atoms with Crippen molar-refractivity contribution < 1.29 is 9.84 Å². The molecule has 1 aromatic carbocycles. The van der Waals surface area contributed by atoms with Crippen molar-refractivity contribution >= 4 is 17.4 Å². The fourth-order valence-corrected chi connectivity index (χ4v) is 1.65. The second kappa shape index (κ2) is 3.94. The molecule has 0 bridgehead atoms. The molecule has 0 radical (unpaired) electrons. The number of phenolic OH excluding ortho intramolecular Hbond substituents is 1. The summed E-state index contributed by atoms with van der Waals surface area (Å²) in [6, 6.07) is 3.12. The summed E-state index contributed by atoms with van der Waals surface area (Å²) < 4.78 is 5.00. The Hall–Kier alpha value is -1.88. The number of rotatable bonds is 2. The van der Waals surface area contributed by atoms with E-state index in [1.54, 1.807) is 6.07 Å². The third-order valence-corrected chi connectivity index (χ3v) is 2.44. The van der Waals surface area contributed by atoms with Gasteiger partial charge in [-0.1, -0.05) is 11.6 Å². The number of nitrogen functional groups attached to an aromatic ring is 1. The standard InChI is InChI=1S/C10H10ClN3O2/c1-16-8-3-5(11)2-6(9(8)15)7-4-13-14-10(7)12/h2-4,15H,1H3,(H3,12,13,14). The summed E-state index contributed by atoms with van der Waals surface area (Å²) in [5, 5.41) is 16.7. The molecule has 1 heterocycles. The van der Waals surface area contributed by atoms with Crippen LogP contribution in [0.3, 0.4) is 0 Å². The maximum absolute atomic E-state index is 9.93. The van der Waals surface area contributed by atoms with Crippen LogP contribution in [0.4, 0.5) is 5.82 Å². The molecule has 6 heteroatoms. The highest BCUT2D eigenvalue weighted by Gasteiger charge is 2.14. The van der Waals surface area contributed by atoms with Crippen LogP contribution in [-0.2, 0) is 0 Å². The van der Waals surface area contributed by atoms with Crippen LogP contribution < -0.4 is 10.5 Å². The third-order valence-electron chi connectivity index (χ3n) is 2.22. The number of hydrogen-bond donors (Lipinski definition) is 3. The first-order valence-corrected chi connectivity index (χ1v) is 4.87. The molecular weight excluding hydrogens is 230 g/mol. The van der Waals surface area contributed by atoms with E-state index in [1.807, 2.05) is 0 Å². The number of phenols is 1. The van der Waals surface area contributed by atoms with Gasteiger partial charge < -0.3 is 15.6 Å². The van der Waals surface area contributed by atoms with Crippen molar-refractivity contribution in [2.75, 3.05) is 12.8 Å². The van der Waals surface area contributed by atoms with Gasteiger partial charge in [-0.25, -0.2) is 0 Å². The Morgan fingerprint density at radius 1 is 1.44 bits per heavy atom. The van der Waals surface area contributed by atoms with E-state index in [9.17, 15) is 5.11 Å². The summed E-state index contributed by atoms with van der Waals surface area (Å²) in [7, 11) is 1.45. The minimum Gasteiger partial charge on any atom is -0.504 e. The van der Waals surface area contributed by atoms with Gasteiger partial charge in [-0.2, -0.15) is 5.10 Å². The summed E-state index contributed by atoms with van der Waals surface area (Å²) in [6.45, 7) is 0. The molecule has 0 unspecified atom stereocenters. The molecule has 0 aliphatic carbocycles. The number of nitrogens with two attached hydrogens (primary N) is 1. The van der Waals surface area contributed by atoms with Gasteiger partial charge in [-0.05, 0) is 6.07 Å². The summed E-state index contributed by atoms with van der Waals surface area (Å²) in [5.41, 5.74) is 6.73. The van der Waals surface area contributed by atoms with Crippen molar-refractivity contribution in [3.05, 3.63) is 23.4 Å². The molecule has 2 rings (SSSR count). The fraction of sp³-hybridized carbons (Fsp3) is 0.100. The van der Waals surface area contributed by atoms with Crippen molar-refractivity contribution in [2.24, 2.45) is 0 Å². The molecule has 0 saturated carbocycles. The molecule has 0 fully saturated rings. The molecule has 84 valence electrons. The Kier molecular flexibility index (Phi) is 2.62. The maximum atomic E-state index is 9.93. The lowest BCUT2D eigenvalue weighted by Crippen LogP contribution is -1.90. The lowest BCUT2D eigenvalue weighted by molar-refractivity contribution is 0.374. The minimum absolute atomic E-state index is 0.0139. The average molecular weight is 240 g/mol. The van der Waals surface area contributed by atoms with Gasteiger partial charge in [-0.3, -0.25) is 5.10 Å². The summed E-state index contributed by atoms with van der Waals surface area (Å²) in [5.74, 6) is 0.641. The van der Waals surface area contributed by atoms with Crippen LogP contribution in [0, 0.1) is 0 Å². The highest BCUT2D eigenvalue weighted by atomic mass is 35.5. The van der Waals surface area contributed by atoms with Gasteiger partial charge in [0.2, 0.25) is 0 Å². The van der Waals surface area contributed by atoms with Crippen molar-refractivity contribution in [3.8, 4) is 22.6 Å². The van der Waals surface area contributed by atoms with Gasteiger partial charge in [0.25, 0.3) is 0 Å². The summed E-state index contributed by atoms with van der Waals surface area (Å²) in [6.07, 6.45) is 1.51. The van der Waals surface area contributed by atoms with Crippen LogP contribution in [0.2, 0.25) is 5.02 Å². The molecule has 0 saturated heterocycles. The highest BCUT2D eigenvalue weighted by molar-refractivity contribution is 6.31. The number of methoxy groups -OCH3 is 1. The zero-order valence-electron chi connectivity index (χ0n) is 8.49. The first-order chi connectivity index (χ1) is 7.63. The first-order valence-electron chi connectivity index (χ1n) is 4.49. The van der Waals surface area contributed by atoms with Gasteiger partial charge >= 0.3 is 0 Å². The second-order valence-corrected chi connectivity index (χ2v) is 3.64. The van der Waals surface area contributed by atoms with E-state index in [4.69, 9.17) is 22.1 Å². The largest absolute Gasteiger partial charge is 0.504 e. The van der Waals surface area contributed by atoms with E-state index in [0.717, 1.165) is 0 Å². The van der Waals surface area contributed by atoms with Crippen molar-refractivity contribution in [1.29, 1.82) is 0 Å². The number of benzene rings is 1. The molecule has 5 nitrogen and oxygen atoms in total. The van der Waals surface area contributed by atoms with E-state index < -0.39 is 0 Å². The molecular formula is C10H10ClN3O2. The van der Waals surface area contributed by atoms with Gasteiger partial charge in [0.05, 0.1) is 13.3 Å². The number of H-pyrrole nitrogens is 1. The van der Waals surface area contributed by atoms with Gasteiger partial charge in [-0.15, -0.1) is 0 Å². The Bertz CT molecular complexity index is 525. The zero-order chi connectivity index (χ0) is 11.7. The van der Waals surface area contributed by atoms with Gasteiger partial charge in [0.15, 0.2) is 11.5 Å². The van der Waals surface area contributed by atoms with E-state index in [-0.39, 0.29) is 5.75 Å². The predicted molar refractivity (Wildman–Crippen MR) is 61.7 cm³/mol. The number of ether oxygens (including phenoxy) is 1. The maximum Gasteiger partial charge on any atom is 0.165 e. The predicted octanol–water partition coefficient (Wildman–Crippen LogP) is 2.03. The Morgan fingerprint density at radius 2 is 2.19 bits per heavy atom. The number of halogens is 1. The van der Waals surface area contributed by atoms with E-state index >= 15 is 0 Å². The number of aromatic nitrogens is 2. The van der Waals surface area contributed by atoms with E-state index in [2.05, 4.69) is 10.2 Å². The van der Waals surface area contributed by atoms with E-state index in [1.165, 1.54) is 19.4 Å². The minimum atomic E-state index is -0.0139. The molecule has 1 aromatic heterocycles.